The molecule has 130 valence electrons. The van der Waals surface area contributed by atoms with Gasteiger partial charge in [-0.1, -0.05) is 20.8 Å². The molecule has 3 N–H and O–H groups in total. The molecule has 1 unspecified atom stereocenters. The number of hydrogen-bond donors (Lipinski definition) is 3. The maximum atomic E-state index is 12.4. The van der Waals surface area contributed by atoms with Crippen LogP contribution in [0.2, 0.25) is 0 Å². The molecule has 24 heavy (non-hydrogen) atoms. The molecule has 0 saturated heterocycles. The predicted octanol–water partition coefficient (Wildman–Crippen LogP) is 2.07. The second-order valence-corrected chi connectivity index (χ2v) is 7.87. The summed E-state index contributed by atoms with van der Waals surface area (Å²) in [6, 6.07) is 1.80. The van der Waals surface area contributed by atoms with Crippen LogP contribution >= 0.6 is 11.3 Å². The Hall–Kier alpha value is -1.99. The number of amides is 1. The Bertz CT molecular complexity index is 786. The van der Waals surface area contributed by atoms with Gasteiger partial charge in [0.05, 0.1) is 12.2 Å². The zero-order chi connectivity index (χ0) is 18.1. The van der Waals surface area contributed by atoms with Gasteiger partial charge < -0.3 is 15.4 Å². The van der Waals surface area contributed by atoms with Crippen molar-refractivity contribution >= 4 is 17.2 Å². The van der Waals surface area contributed by atoms with Gasteiger partial charge in [-0.15, -0.1) is 0 Å². The van der Waals surface area contributed by atoms with Crippen molar-refractivity contribution in [2.24, 2.45) is 0 Å². The number of thiophene rings is 1. The highest BCUT2D eigenvalue weighted by atomic mass is 32.1. The Morgan fingerprint density at radius 2 is 2.04 bits per heavy atom. The molecule has 0 radical (unpaired) electrons. The highest BCUT2D eigenvalue weighted by Gasteiger charge is 2.26. The van der Waals surface area contributed by atoms with E-state index in [0.717, 1.165) is 5.56 Å². The van der Waals surface area contributed by atoms with Crippen LogP contribution in [-0.2, 0) is 11.0 Å². The number of aromatic amines is 1. The SMILES string of the molecule is Cc1nc(C(C)(C)C)[nH]c(=O)c1C(=O)NCC(C)(O)c1ccsc1. The first-order chi connectivity index (χ1) is 11.0. The van der Waals surface area contributed by atoms with Gasteiger partial charge >= 0.3 is 0 Å². The highest BCUT2D eigenvalue weighted by molar-refractivity contribution is 7.08. The number of carbonyl (C=O) groups excluding carboxylic acids is 1. The molecule has 2 aromatic heterocycles. The summed E-state index contributed by atoms with van der Waals surface area (Å²) in [5.41, 5.74) is -0.920. The lowest BCUT2D eigenvalue weighted by molar-refractivity contribution is 0.0529. The van der Waals surface area contributed by atoms with Crippen LogP contribution in [-0.4, -0.2) is 27.5 Å². The van der Waals surface area contributed by atoms with Crippen molar-refractivity contribution < 1.29 is 9.90 Å². The summed E-state index contributed by atoms with van der Waals surface area (Å²) in [5.74, 6) is -0.0102. The number of aliphatic hydroxyl groups is 1. The minimum atomic E-state index is -1.20. The summed E-state index contributed by atoms with van der Waals surface area (Å²) in [6.07, 6.45) is 0. The number of nitrogens with zero attached hydrogens (tertiary/aromatic N) is 1. The lowest BCUT2D eigenvalue weighted by Gasteiger charge is -2.23. The van der Waals surface area contributed by atoms with Crippen LogP contribution in [0.15, 0.2) is 21.6 Å². The Labute approximate surface area is 145 Å². The van der Waals surface area contributed by atoms with Crippen LogP contribution < -0.4 is 10.9 Å². The van der Waals surface area contributed by atoms with Gasteiger partial charge in [0, 0.05) is 5.41 Å². The molecule has 6 nitrogen and oxygen atoms in total. The molecule has 0 aromatic carbocycles. The second-order valence-electron chi connectivity index (χ2n) is 7.09. The van der Waals surface area contributed by atoms with Gasteiger partial charge in [0.1, 0.15) is 17.0 Å². The fourth-order valence-corrected chi connectivity index (χ4v) is 3.01. The molecule has 0 fully saturated rings. The third-order valence-corrected chi connectivity index (χ3v) is 4.46. The normalized spacial score (nSPS) is 14.2. The molecular formula is C17H23N3O3S. The molecule has 0 spiro atoms. The number of hydrogen-bond acceptors (Lipinski definition) is 5. The van der Waals surface area contributed by atoms with Gasteiger partial charge in [-0.05, 0) is 36.2 Å². The summed E-state index contributed by atoms with van der Waals surface area (Å²) in [7, 11) is 0. The zero-order valence-electron chi connectivity index (χ0n) is 14.6. The average molecular weight is 349 g/mol. The summed E-state index contributed by atoms with van der Waals surface area (Å²) < 4.78 is 0. The van der Waals surface area contributed by atoms with Gasteiger partial charge in [-0.2, -0.15) is 11.3 Å². The third-order valence-electron chi connectivity index (χ3n) is 3.77. The first-order valence-corrected chi connectivity index (χ1v) is 8.61. The molecule has 0 bridgehead atoms. The zero-order valence-corrected chi connectivity index (χ0v) is 15.4. The minimum Gasteiger partial charge on any atom is -0.384 e. The van der Waals surface area contributed by atoms with Crippen molar-refractivity contribution in [3.05, 3.63) is 49.8 Å². The van der Waals surface area contributed by atoms with Crippen molar-refractivity contribution in [2.75, 3.05) is 6.54 Å². The van der Waals surface area contributed by atoms with Gasteiger partial charge in [-0.3, -0.25) is 9.59 Å². The Morgan fingerprint density at radius 3 is 2.54 bits per heavy atom. The summed E-state index contributed by atoms with van der Waals surface area (Å²) in [5, 5.41) is 16.8. The molecule has 0 aliphatic heterocycles. The maximum absolute atomic E-state index is 12.4. The maximum Gasteiger partial charge on any atom is 0.264 e. The number of carbonyl (C=O) groups is 1. The van der Waals surface area contributed by atoms with Crippen molar-refractivity contribution in [1.82, 2.24) is 15.3 Å². The van der Waals surface area contributed by atoms with E-state index in [1.807, 2.05) is 31.5 Å². The molecule has 2 rings (SSSR count). The van der Waals surface area contributed by atoms with Gasteiger partial charge in [0.2, 0.25) is 0 Å². The van der Waals surface area contributed by atoms with Crippen LogP contribution in [0.4, 0.5) is 0 Å². The van der Waals surface area contributed by atoms with E-state index in [-0.39, 0.29) is 17.5 Å². The van der Waals surface area contributed by atoms with E-state index in [1.54, 1.807) is 19.9 Å². The standard InChI is InChI=1S/C17H23N3O3S/c1-10-12(14(22)20-15(19-10)16(2,3)4)13(21)18-9-17(5,23)11-6-7-24-8-11/h6-8,23H,9H2,1-5H3,(H,18,21)(H,19,20,22). The van der Waals surface area contributed by atoms with E-state index in [4.69, 9.17) is 0 Å². The van der Waals surface area contributed by atoms with E-state index < -0.39 is 17.1 Å². The van der Waals surface area contributed by atoms with Gasteiger partial charge in [0.25, 0.3) is 11.5 Å². The topological polar surface area (TPSA) is 95.1 Å². The minimum absolute atomic E-state index is 0.00245. The number of aromatic nitrogens is 2. The fourth-order valence-electron chi connectivity index (χ4n) is 2.22. The molecule has 1 amide bonds. The van der Waals surface area contributed by atoms with Crippen molar-refractivity contribution in [3.63, 3.8) is 0 Å². The Morgan fingerprint density at radius 1 is 1.38 bits per heavy atom. The van der Waals surface area contributed by atoms with Crippen LogP contribution in [0.25, 0.3) is 0 Å². The van der Waals surface area contributed by atoms with Crippen LogP contribution in [0.5, 0.6) is 0 Å². The van der Waals surface area contributed by atoms with E-state index in [0.29, 0.717) is 11.5 Å². The quantitative estimate of drug-likeness (QED) is 0.787. The molecule has 0 saturated carbocycles. The Balaban J connectivity index is 2.20. The molecule has 2 heterocycles. The molecule has 0 aliphatic rings. The first-order valence-electron chi connectivity index (χ1n) is 7.67. The molecular weight excluding hydrogens is 326 g/mol. The summed E-state index contributed by atoms with van der Waals surface area (Å²) >= 11 is 1.47. The average Bonchev–Trinajstić information content (AvgIpc) is 2.98. The number of aryl methyl sites for hydroxylation is 1. The Kier molecular flexibility index (Phi) is 4.96. The van der Waals surface area contributed by atoms with E-state index in [1.165, 1.54) is 11.3 Å². The third kappa shape index (κ3) is 3.91. The van der Waals surface area contributed by atoms with E-state index >= 15 is 0 Å². The lowest BCUT2D eigenvalue weighted by atomic mass is 9.95. The van der Waals surface area contributed by atoms with Crippen LogP contribution in [0.3, 0.4) is 0 Å². The van der Waals surface area contributed by atoms with E-state index in [9.17, 15) is 14.7 Å². The highest BCUT2D eigenvalue weighted by Crippen LogP contribution is 2.22. The van der Waals surface area contributed by atoms with Crippen molar-refractivity contribution in [1.29, 1.82) is 0 Å². The van der Waals surface area contributed by atoms with Gasteiger partial charge in [-0.25, -0.2) is 4.98 Å². The lowest BCUT2D eigenvalue weighted by Crippen LogP contribution is -2.41. The molecule has 2 aromatic rings. The molecule has 1 atom stereocenters. The van der Waals surface area contributed by atoms with Crippen molar-refractivity contribution in [3.8, 4) is 0 Å². The van der Waals surface area contributed by atoms with E-state index in [2.05, 4.69) is 15.3 Å². The largest absolute Gasteiger partial charge is 0.384 e. The smallest absolute Gasteiger partial charge is 0.264 e. The van der Waals surface area contributed by atoms with Crippen molar-refractivity contribution in [2.45, 2.75) is 45.6 Å². The fraction of sp³-hybridized carbons (Fsp3) is 0.471. The number of rotatable bonds is 4. The van der Waals surface area contributed by atoms with Crippen LogP contribution in [0.1, 0.15) is 55.1 Å². The second kappa shape index (κ2) is 6.49. The summed E-state index contributed by atoms with van der Waals surface area (Å²) in [4.78, 5) is 31.7. The monoisotopic (exact) mass is 349 g/mol. The van der Waals surface area contributed by atoms with Gasteiger partial charge in [0.15, 0.2) is 0 Å². The predicted molar refractivity (Wildman–Crippen MR) is 94.5 cm³/mol. The molecule has 0 aliphatic carbocycles. The number of nitrogens with one attached hydrogen (secondary N) is 2. The first kappa shape index (κ1) is 18.4. The molecule has 7 heteroatoms. The summed E-state index contributed by atoms with van der Waals surface area (Å²) in [6.45, 7) is 9.06. The van der Waals surface area contributed by atoms with Crippen LogP contribution in [0, 0.1) is 6.92 Å². The number of H-pyrrole nitrogens is 1.